The zero-order chi connectivity index (χ0) is 17.7. The molecule has 0 bridgehead atoms. The SMILES string of the molecule is CCc1ccccc1C(=O)NC1CCCN(C(=O)OC(C)(C)C)C1. The predicted molar refractivity (Wildman–Crippen MR) is 94.1 cm³/mol. The van der Waals surface area contributed by atoms with Gasteiger partial charge < -0.3 is 15.0 Å². The molecule has 0 aliphatic carbocycles. The quantitative estimate of drug-likeness (QED) is 0.923. The molecule has 5 nitrogen and oxygen atoms in total. The summed E-state index contributed by atoms with van der Waals surface area (Å²) >= 11 is 0. The maximum atomic E-state index is 12.6. The van der Waals surface area contributed by atoms with Gasteiger partial charge in [-0.25, -0.2) is 4.79 Å². The van der Waals surface area contributed by atoms with Gasteiger partial charge in [0.2, 0.25) is 0 Å². The van der Waals surface area contributed by atoms with E-state index < -0.39 is 5.60 Å². The fourth-order valence-electron chi connectivity index (χ4n) is 2.90. The number of carbonyl (C=O) groups is 2. The van der Waals surface area contributed by atoms with Crippen molar-refractivity contribution >= 4 is 12.0 Å². The average molecular weight is 332 g/mol. The molecule has 1 atom stereocenters. The van der Waals surface area contributed by atoms with Crippen LogP contribution >= 0.6 is 0 Å². The van der Waals surface area contributed by atoms with Crippen molar-refractivity contribution in [3.8, 4) is 0 Å². The van der Waals surface area contributed by atoms with Gasteiger partial charge >= 0.3 is 6.09 Å². The maximum absolute atomic E-state index is 12.6. The van der Waals surface area contributed by atoms with Crippen LogP contribution in [0.1, 0.15) is 56.5 Å². The van der Waals surface area contributed by atoms with Crippen LogP contribution in [0.3, 0.4) is 0 Å². The van der Waals surface area contributed by atoms with Gasteiger partial charge in [-0.2, -0.15) is 0 Å². The van der Waals surface area contributed by atoms with Crippen molar-refractivity contribution in [3.05, 3.63) is 35.4 Å². The maximum Gasteiger partial charge on any atom is 0.410 e. The highest BCUT2D eigenvalue weighted by molar-refractivity contribution is 5.95. The second-order valence-corrected chi connectivity index (χ2v) is 7.25. The summed E-state index contributed by atoms with van der Waals surface area (Å²) < 4.78 is 5.43. The number of piperidine rings is 1. The van der Waals surface area contributed by atoms with Gasteiger partial charge in [0.15, 0.2) is 0 Å². The van der Waals surface area contributed by atoms with Crippen LogP contribution in [0, 0.1) is 0 Å². The molecule has 24 heavy (non-hydrogen) atoms. The van der Waals surface area contributed by atoms with E-state index in [1.54, 1.807) is 4.90 Å². The van der Waals surface area contributed by atoms with E-state index in [-0.39, 0.29) is 18.0 Å². The number of hydrogen-bond donors (Lipinski definition) is 1. The molecule has 1 fully saturated rings. The van der Waals surface area contributed by atoms with E-state index in [2.05, 4.69) is 5.32 Å². The minimum Gasteiger partial charge on any atom is -0.444 e. The lowest BCUT2D eigenvalue weighted by Crippen LogP contribution is -2.50. The lowest BCUT2D eigenvalue weighted by Gasteiger charge is -2.34. The van der Waals surface area contributed by atoms with Crippen molar-refractivity contribution < 1.29 is 14.3 Å². The number of amides is 2. The first kappa shape index (κ1) is 18.3. The van der Waals surface area contributed by atoms with E-state index in [0.29, 0.717) is 13.1 Å². The van der Waals surface area contributed by atoms with Crippen LogP contribution < -0.4 is 5.32 Å². The van der Waals surface area contributed by atoms with Crippen molar-refractivity contribution in [3.63, 3.8) is 0 Å². The van der Waals surface area contributed by atoms with Gasteiger partial charge in [-0.15, -0.1) is 0 Å². The smallest absolute Gasteiger partial charge is 0.410 e. The number of ether oxygens (including phenoxy) is 1. The van der Waals surface area contributed by atoms with E-state index in [9.17, 15) is 9.59 Å². The molecule has 1 saturated heterocycles. The van der Waals surface area contributed by atoms with E-state index in [1.807, 2.05) is 52.0 Å². The first-order chi connectivity index (χ1) is 11.3. The molecule has 5 heteroatoms. The molecule has 1 aliphatic rings. The Morgan fingerprint density at radius 2 is 2.00 bits per heavy atom. The van der Waals surface area contributed by atoms with Crippen molar-refractivity contribution in [2.24, 2.45) is 0 Å². The fourth-order valence-corrected chi connectivity index (χ4v) is 2.90. The van der Waals surface area contributed by atoms with Crippen LogP contribution in [-0.2, 0) is 11.2 Å². The first-order valence-corrected chi connectivity index (χ1v) is 8.67. The van der Waals surface area contributed by atoms with E-state index in [0.717, 1.165) is 30.4 Å². The molecule has 1 aromatic rings. The first-order valence-electron chi connectivity index (χ1n) is 8.67. The van der Waals surface area contributed by atoms with Crippen molar-refractivity contribution in [1.29, 1.82) is 0 Å². The Bertz CT molecular complexity index is 593. The van der Waals surface area contributed by atoms with E-state index >= 15 is 0 Å². The Labute approximate surface area is 144 Å². The molecule has 1 aliphatic heterocycles. The summed E-state index contributed by atoms with van der Waals surface area (Å²) in [4.78, 5) is 26.4. The predicted octanol–water partition coefficient (Wildman–Crippen LogP) is 3.38. The van der Waals surface area contributed by atoms with Gasteiger partial charge in [-0.05, 0) is 51.7 Å². The summed E-state index contributed by atoms with van der Waals surface area (Å²) in [6.07, 6.45) is 2.24. The number of aryl methyl sites for hydroxylation is 1. The minimum absolute atomic E-state index is 0.0383. The summed E-state index contributed by atoms with van der Waals surface area (Å²) in [5.74, 6) is -0.0662. The molecule has 2 rings (SSSR count). The molecular formula is C19H28N2O3. The number of rotatable bonds is 3. The Hall–Kier alpha value is -2.04. The molecule has 0 saturated carbocycles. The zero-order valence-electron chi connectivity index (χ0n) is 15.1. The third-order valence-corrected chi connectivity index (χ3v) is 4.05. The van der Waals surface area contributed by atoms with E-state index in [4.69, 9.17) is 4.74 Å². The summed E-state index contributed by atoms with van der Waals surface area (Å²) in [5, 5.41) is 3.07. The summed E-state index contributed by atoms with van der Waals surface area (Å²) in [6.45, 7) is 8.78. The van der Waals surface area contributed by atoms with Gasteiger partial charge in [0.05, 0.1) is 0 Å². The van der Waals surface area contributed by atoms with Gasteiger partial charge in [-0.1, -0.05) is 25.1 Å². The van der Waals surface area contributed by atoms with Gasteiger partial charge in [0.25, 0.3) is 5.91 Å². The van der Waals surface area contributed by atoms with Gasteiger partial charge in [0.1, 0.15) is 5.60 Å². The fraction of sp³-hybridized carbons (Fsp3) is 0.579. The number of hydrogen-bond acceptors (Lipinski definition) is 3. The minimum atomic E-state index is -0.507. The van der Waals surface area contributed by atoms with Crippen LogP contribution in [-0.4, -0.2) is 41.6 Å². The monoisotopic (exact) mass is 332 g/mol. The number of benzene rings is 1. The molecule has 2 amide bonds. The van der Waals surface area contributed by atoms with Crippen LogP contribution in [0.25, 0.3) is 0 Å². The zero-order valence-corrected chi connectivity index (χ0v) is 15.1. The third-order valence-electron chi connectivity index (χ3n) is 4.05. The van der Waals surface area contributed by atoms with Crippen LogP contribution in [0.15, 0.2) is 24.3 Å². The van der Waals surface area contributed by atoms with Gasteiger partial charge in [0, 0.05) is 24.7 Å². The molecule has 132 valence electrons. The summed E-state index contributed by atoms with van der Waals surface area (Å²) in [6, 6.07) is 7.61. The van der Waals surface area contributed by atoms with Gasteiger partial charge in [-0.3, -0.25) is 4.79 Å². The Morgan fingerprint density at radius 1 is 1.29 bits per heavy atom. The average Bonchev–Trinajstić information content (AvgIpc) is 2.53. The molecule has 1 aromatic carbocycles. The largest absolute Gasteiger partial charge is 0.444 e. The normalized spacial score (nSPS) is 18.2. The van der Waals surface area contributed by atoms with E-state index in [1.165, 1.54) is 0 Å². The summed E-state index contributed by atoms with van der Waals surface area (Å²) in [7, 11) is 0. The van der Waals surface area contributed by atoms with Crippen molar-refractivity contribution in [1.82, 2.24) is 10.2 Å². The van der Waals surface area contributed by atoms with Crippen LogP contribution in [0.5, 0.6) is 0 Å². The number of nitrogens with zero attached hydrogens (tertiary/aromatic N) is 1. The highest BCUT2D eigenvalue weighted by Crippen LogP contribution is 2.16. The standard InChI is InChI=1S/C19H28N2O3/c1-5-14-9-6-7-11-16(14)17(22)20-15-10-8-12-21(13-15)18(23)24-19(2,3)4/h6-7,9,11,15H,5,8,10,12-13H2,1-4H3,(H,20,22). The Balaban J connectivity index is 1.97. The van der Waals surface area contributed by atoms with Crippen molar-refractivity contribution in [2.45, 2.75) is 58.6 Å². The van der Waals surface area contributed by atoms with Crippen molar-refractivity contribution in [2.75, 3.05) is 13.1 Å². The highest BCUT2D eigenvalue weighted by atomic mass is 16.6. The topological polar surface area (TPSA) is 58.6 Å². The van der Waals surface area contributed by atoms with Crippen LogP contribution in [0.4, 0.5) is 4.79 Å². The molecule has 1 heterocycles. The molecule has 0 spiro atoms. The Kier molecular flexibility index (Phi) is 5.86. The molecule has 0 aromatic heterocycles. The second-order valence-electron chi connectivity index (χ2n) is 7.25. The molecule has 1 unspecified atom stereocenters. The van der Waals surface area contributed by atoms with Crippen LogP contribution in [0.2, 0.25) is 0 Å². The second kappa shape index (κ2) is 7.69. The molecule has 0 radical (unpaired) electrons. The highest BCUT2D eigenvalue weighted by Gasteiger charge is 2.28. The molecular weight excluding hydrogens is 304 g/mol. The molecule has 1 N–H and O–H groups in total. The summed E-state index contributed by atoms with van der Waals surface area (Å²) in [5.41, 5.74) is 1.25. The third kappa shape index (κ3) is 4.98. The lowest BCUT2D eigenvalue weighted by atomic mass is 10.0. The number of likely N-dealkylation sites (tertiary alicyclic amines) is 1. The Morgan fingerprint density at radius 3 is 2.67 bits per heavy atom. The number of nitrogens with one attached hydrogen (secondary N) is 1. The lowest BCUT2D eigenvalue weighted by molar-refractivity contribution is 0.0185. The number of carbonyl (C=O) groups excluding carboxylic acids is 2.